The van der Waals surface area contributed by atoms with Crippen LogP contribution in [0.4, 0.5) is 4.39 Å². The molecular formula is C22H23FN4O. The minimum absolute atomic E-state index is 0.268. The number of benzene rings is 1. The molecule has 0 bridgehead atoms. The number of pyridine rings is 1. The van der Waals surface area contributed by atoms with E-state index in [1.807, 2.05) is 12.1 Å². The van der Waals surface area contributed by atoms with Crippen LogP contribution in [0, 0.1) is 11.7 Å². The van der Waals surface area contributed by atoms with E-state index in [0.717, 1.165) is 17.7 Å². The van der Waals surface area contributed by atoms with E-state index in [0.29, 0.717) is 23.0 Å². The van der Waals surface area contributed by atoms with E-state index in [1.54, 1.807) is 24.4 Å². The van der Waals surface area contributed by atoms with Gasteiger partial charge >= 0.3 is 0 Å². The van der Waals surface area contributed by atoms with Crippen molar-refractivity contribution in [3.05, 3.63) is 72.2 Å². The maximum atomic E-state index is 13.2. The Hall–Kier alpha value is -3.28. The smallest absolute Gasteiger partial charge is 0.243 e. The quantitative estimate of drug-likeness (QED) is 0.545. The molecule has 0 unspecified atom stereocenters. The van der Waals surface area contributed by atoms with Gasteiger partial charge in [-0.3, -0.25) is 9.79 Å². The number of nitrogens with one attached hydrogen (secondary N) is 1. The fourth-order valence-corrected chi connectivity index (χ4v) is 2.64. The predicted octanol–water partition coefficient (Wildman–Crippen LogP) is 3.47. The van der Waals surface area contributed by atoms with E-state index in [9.17, 15) is 9.18 Å². The zero-order valence-corrected chi connectivity index (χ0v) is 15.6. The molecule has 0 atom stereocenters. The largest absolute Gasteiger partial charge is 0.397 e. The van der Waals surface area contributed by atoms with Gasteiger partial charge in [-0.2, -0.15) is 0 Å². The standard InChI is InChI=1S/C22H23FN4O/c1-2-21(28)26-14-17-7-10-20(16-5-8-18(23)9-6-16)27-22(17)19(24)11-12-25-13-15-3-4-15/h2,5-12,15H,1,3-4,13-14,24H2,(H,26,28)/b19-11-,25-12?. The Kier molecular flexibility index (Phi) is 6.32. The lowest BCUT2D eigenvalue weighted by atomic mass is 10.1. The highest BCUT2D eigenvalue weighted by molar-refractivity contribution is 5.87. The van der Waals surface area contributed by atoms with Gasteiger partial charge in [-0.25, -0.2) is 9.37 Å². The normalized spacial score (nSPS) is 14.2. The maximum Gasteiger partial charge on any atom is 0.243 e. The van der Waals surface area contributed by atoms with E-state index in [-0.39, 0.29) is 18.3 Å². The first-order valence-electron chi connectivity index (χ1n) is 9.19. The Morgan fingerprint density at radius 3 is 2.71 bits per heavy atom. The Balaban J connectivity index is 1.88. The van der Waals surface area contributed by atoms with Gasteiger partial charge < -0.3 is 11.1 Å². The Labute approximate surface area is 163 Å². The third kappa shape index (κ3) is 5.36. The molecule has 1 aliphatic carbocycles. The van der Waals surface area contributed by atoms with Gasteiger partial charge in [0.05, 0.1) is 17.1 Å². The molecule has 1 aliphatic rings. The lowest BCUT2D eigenvalue weighted by Gasteiger charge is -2.12. The molecule has 0 spiro atoms. The maximum absolute atomic E-state index is 13.2. The van der Waals surface area contributed by atoms with Gasteiger partial charge in [-0.05, 0) is 66.8 Å². The van der Waals surface area contributed by atoms with Gasteiger partial charge in [0.1, 0.15) is 5.82 Å². The zero-order valence-electron chi connectivity index (χ0n) is 15.6. The summed E-state index contributed by atoms with van der Waals surface area (Å²) in [6, 6.07) is 9.78. The molecule has 6 heteroatoms. The van der Waals surface area contributed by atoms with Gasteiger partial charge in [0, 0.05) is 24.9 Å². The van der Waals surface area contributed by atoms with Crippen molar-refractivity contribution in [1.29, 1.82) is 0 Å². The zero-order chi connectivity index (χ0) is 19.9. The molecule has 0 radical (unpaired) electrons. The van der Waals surface area contributed by atoms with Crippen LogP contribution in [-0.4, -0.2) is 23.7 Å². The van der Waals surface area contributed by atoms with Crippen LogP contribution in [-0.2, 0) is 11.3 Å². The number of hydrogen-bond acceptors (Lipinski definition) is 4. The summed E-state index contributed by atoms with van der Waals surface area (Å²) in [5, 5.41) is 2.74. The highest BCUT2D eigenvalue weighted by atomic mass is 19.1. The summed E-state index contributed by atoms with van der Waals surface area (Å²) in [4.78, 5) is 20.5. The molecule has 1 saturated carbocycles. The van der Waals surface area contributed by atoms with Gasteiger partial charge in [0.25, 0.3) is 0 Å². The van der Waals surface area contributed by atoms with Crippen molar-refractivity contribution < 1.29 is 9.18 Å². The molecule has 0 aliphatic heterocycles. The SMILES string of the molecule is C=CC(=O)NCc1ccc(-c2ccc(F)cc2)nc1/C(N)=C/C=NCC1CC1. The molecule has 1 aromatic carbocycles. The van der Waals surface area contributed by atoms with Crippen LogP contribution < -0.4 is 11.1 Å². The minimum Gasteiger partial charge on any atom is -0.397 e. The van der Waals surface area contributed by atoms with Gasteiger partial charge in [0.2, 0.25) is 5.91 Å². The second-order valence-electron chi connectivity index (χ2n) is 6.71. The highest BCUT2D eigenvalue weighted by Crippen LogP contribution is 2.28. The molecule has 5 nitrogen and oxygen atoms in total. The van der Waals surface area contributed by atoms with Crippen LogP contribution in [0.15, 0.2) is 60.1 Å². The summed E-state index contributed by atoms with van der Waals surface area (Å²) < 4.78 is 13.2. The molecule has 3 N–H and O–H groups in total. The molecule has 2 aromatic rings. The lowest BCUT2D eigenvalue weighted by molar-refractivity contribution is -0.116. The Morgan fingerprint density at radius 2 is 2.04 bits per heavy atom. The number of aliphatic imine (C=N–C) groups is 1. The molecule has 1 aromatic heterocycles. The summed E-state index contributed by atoms with van der Waals surface area (Å²) in [6.07, 6.45) is 7.11. The van der Waals surface area contributed by atoms with E-state index in [2.05, 4.69) is 21.9 Å². The number of carbonyl (C=O) groups excluding carboxylic acids is 1. The number of nitrogens with zero attached hydrogens (tertiary/aromatic N) is 2. The van der Waals surface area contributed by atoms with Crippen LogP contribution >= 0.6 is 0 Å². The second kappa shape index (κ2) is 9.08. The van der Waals surface area contributed by atoms with Crippen LogP contribution in [0.1, 0.15) is 24.1 Å². The summed E-state index contributed by atoms with van der Waals surface area (Å²) in [5.74, 6) is 0.122. The van der Waals surface area contributed by atoms with Crippen molar-refractivity contribution in [3.63, 3.8) is 0 Å². The van der Waals surface area contributed by atoms with Crippen LogP contribution in [0.5, 0.6) is 0 Å². The third-order valence-corrected chi connectivity index (χ3v) is 4.45. The molecular weight excluding hydrogens is 355 g/mol. The van der Waals surface area contributed by atoms with E-state index < -0.39 is 0 Å². The summed E-state index contributed by atoms with van der Waals surface area (Å²) >= 11 is 0. The van der Waals surface area contributed by atoms with Crippen molar-refractivity contribution in [2.24, 2.45) is 16.6 Å². The van der Waals surface area contributed by atoms with Gasteiger partial charge in [0.15, 0.2) is 0 Å². The number of rotatable bonds is 8. The third-order valence-electron chi connectivity index (χ3n) is 4.45. The number of nitrogens with two attached hydrogens (primary N) is 1. The first kappa shape index (κ1) is 19.5. The topological polar surface area (TPSA) is 80.4 Å². The molecule has 28 heavy (non-hydrogen) atoms. The fraction of sp³-hybridized carbons (Fsp3) is 0.227. The Bertz CT molecular complexity index is 915. The van der Waals surface area contributed by atoms with Gasteiger partial charge in [-0.1, -0.05) is 12.6 Å². The average Bonchev–Trinajstić information content (AvgIpc) is 3.54. The summed E-state index contributed by atoms with van der Waals surface area (Å²) in [5.41, 5.74) is 9.48. The van der Waals surface area contributed by atoms with E-state index in [4.69, 9.17) is 5.73 Å². The number of halogens is 1. The number of aromatic nitrogens is 1. The van der Waals surface area contributed by atoms with Crippen molar-refractivity contribution >= 4 is 17.8 Å². The first-order chi connectivity index (χ1) is 13.6. The molecule has 3 rings (SSSR count). The molecule has 1 heterocycles. The summed E-state index contributed by atoms with van der Waals surface area (Å²) in [7, 11) is 0. The van der Waals surface area contributed by atoms with E-state index >= 15 is 0 Å². The molecule has 1 amide bonds. The van der Waals surface area contributed by atoms with Crippen molar-refractivity contribution in [2.75, 3.05) is 6.54 Å². The second-order valence-corrected chi connectivity index (χ2v) is 6.71. The number of amides is 1. The van der Waals surface area contributed by atoms with Crippen molar-refractivity contribution in [3.8, 4) is 11.3 Å². The average molecular weight is 378 g/mol. The highest BCUT2D eigenvalue weighted by Gasteiger charge is 2.19. The molecule has 144 valence electrons. The fourth-order valence-electron chi connectivity index (χ4n) is 2.64. The van der Waals surface area contributed by atoms with Gasteiger partial charge in [-0.15, -0.1) is 0 Å². The van der Waals surface area contributed by atoms with Crippen LogP contribution in [0.2, 0.25) is 0 Å². The number of allylic oxidation sites excluding steroid dienone is 1. The van der Waals surface area contributed by atoms with Crippen molar-refractivity contribution in [2.45, 2.75) is 19.4 Å². The van der Waals surface area contributed by atoms with E-state index in [1.165, 1.54) is 31.1 Å². The lowest BCUT2D eigenvalue weighted by Crippen LogP contribution is -2.21. The first-order valence-corrected chi connectivity index (χ1v) is 9.19. The van der Waals surface area contributed by atoms with Crippen LogP contribution in [0.3, 0.4) is 0 Å². The van der Waals surface area contributed by atoms with Crippen molar-refractivity contribution in [1.82, 2.24) is 10.3 Å². The molecule has 1 fully saturated rings. The van der Waals surface area contributed by atoms with Crippen LogP contribution in [0.25, 0.3) is 17.0 Å². The number of hydrogen-bond donors (Lipinski definition) is 2. The minimum atomic E-state index is -0.306. The monoisotopic (exact) mass is 378 g/mol. The number of carbonyl (C=O) groups is 1. The molecule has 0 saturated heterocycles. The summed E-state index contributed by atoms with van der Waals surface area (Å²) in [6.45, 7) is 4.53. The Morgan fingerprint density at radius 1 is 1.29 bits per heavy atom. The predicted molar refractivity (Wildman–Crippen MR) is 110 cm³/mol.